The molecule has 0 radical (unpaired) electrons. The molecule has 172 valence electrons. The molecule has 2 atom stereocenters. The Morgan fingerprint density at radius 1 is 1.06 bits per heavy atom. The quantitative estimate of drug-likeness (QED) is 0.479. The molecule has 0 saturated carbocycles. The lowest BCUT2D eigenvalue weighted by Gasteiger charge is -2.30. The summed E-state index contributed by atoms with van der Waals surface area (Å²) in [6.07, 6.45) is 0.744. The van der Waals surface area contributed by atoms with Crippen molar-refractivity contribution in [1.82, 2.24) is 15.5 Å². The van der Waals surface area contributed by atoms with Crippen molar-refractivity contribution >= 4 is 12.0 Å². The average molecular weight is 439 g/mol. The summed E-state index contributed by atoms with van der Waals surface area (Å²) in [7, 11) is 0. The molecule has 7 heteroatoms. The number of anilines is 1. The van der Waals surface area contributed by atoms with Crippen molar-refractivity contribution in [3.8, 4) is 5.75 Å². The van der Waals surface area contributed by atoms with E-state index in [4.69, 9.17) is 4.74 Å². The highest BCUT2D eigenvalue weighted by atomic mass is 16.5. The van der Waals surface area contributed by atoms with Gasteiger partial charge in [-0.3, -0.25) is 9.69 Å². The van der Waals surface area contributed by atoms with Crippen molar-refractivity contribution in [2.75, 3.05) is 57.3 Å². The van der Waals surface area contributed by atoms with Crippen LogP contribution in [0.1, 0.15) is 11.1 Å². The number of nitrogens with one attached hydrogen (secondary N) is 2. The number of aliphatic hydroxyl groups is 1. The first-order valence-corrected chi connectivity index (χ1v) is 11.6. The first kappa shape index (κ1) is 22.7. The Hall–Kier alpha value is -2.45. The second kappa shape index (κ2) is 11.4. The van der Waals surface area contributed by atoms with Gasteiger partial charge >= 0.3 is 0 Å². The maximum atomic E-state index is 11.6. The van der Waals surface area contributed by atoms with Crippen LogP contribution in [0.25, 0.3) is 0 Å². The third kappa shape index (κ3) is 6.29. The highest BCUT2D eigenvalue weighted by Gasteiger charge is 2.19. The Bertz CT molecular complexity index is 872. The number of carbonyl (C=O) groups excluding carboxylic acids is 1. The molecule has 2 heterocycles. The van der Waals surface area contributed by atoms with Crippen LogP contribution in [0.15, 0.2) is 48.5 Å². The zero-order valence-corrected chi connectivity index (χ0v) is 18.6. The van der Waals surface area contributed by atoms with Gasteiger partial charge in [0.15, 0.2) is 12.4 Å². The van der Waals surface area contributed by atoms with Gasteiger partial charge in [0.2, 0.25) is 0 Å². The van der Waals surface area contributed by atoms with Gasteiger partial charge in [-0.1, -0.05) is 30.3 Å². The number of ether oxygens (including phenoxy) is 1. The molecule has 7 nitrogen and oxygen atoms in total. The lowest BCUT2D eigenvalue weighted by Crippen LogP contribution is -2.43. The standard InChI is InChI=1S/C25H34N4O3/c30-19-25(32-24-7-3-6-22(14-24)29-12-9-26-10-13-29)16-27-15-23(31)18-28-11-8-20-4-1-2-5-21(20)17-28/h1-7,14,19,23,25-27,31H,8-13,15-18H2/t23-,25?/m1/s1. The van der Waals surface area contributed by atoms with Gasteiger partial charge in [0.25, 0.3) is 0 Å². The van der Waals surface area contributed by atoms with E-state index in [0.717, 1.165) is 57.7 Å². The molecule has 0 amide bonds. The Morgan fingerprint density at radius 3 is 2.69 bits per heavy atom. The largest absolute Gasteiger partial charge is 0.482 e. The smallest absolute Gasteiger partial charge is 0.166 e. The number of rotatable bonds is 10. The fourth-order valence-corrected chi connectivity index (χ4v) is 4.43. The van der Waals surface area contributed by atoms with E-state index < -0.39 is 12.2 Å². The van der Waals surface area contributed by atoms with Crippen LogP contribution >= 0.6 is 0 Å². The van der Waals surface area contributed by atoms with Crippen LogP contribution in [0.3, 0.4) is 0 Å². The zero-order valence-electron chi connectivity index (χ0n) is 18.6. The molecule has 0 bridgehead atoms. The van der Waals surface area contributed by atoms with Crippen LogP contribution < -0.4 is 20.3 Å². The number of hydrogen-bond acceptors (Lipinski definition) is 7. The molecule has 0 spiro atoms. The molecular formula is C25H34N4O3. The van der Waals surface area contributed by atoms with E-state index in [1.54, 1.807) is 0 Å². The molecule has 2 aliphatic rings. The number of aliphatic hydroxyl groups excluding tert-OH is 1. The fraction of sp³-hybridized carbons (Fsp3) is 0.480. The molecule has 3 N–H and O–H groups in total. The Kier molecular flexibility index (Phi) is 8.12. The van der Waals surface area contributed by atoms with Gasteiger partial charge in [-0.05, 0) is 29.7 Å². The van der Waals surface area contributed by atoms with Gasteiger partial charge < -0.3 is 25.4 Å². The van der Waals surface area contributed by atoms with E-state index >= 15 is 0 Å². The first-order valence-electron chi connectivity index (χ1n) is 11.6. The Morgan fingerprint density at radius 2 is 1.88 bits per heavy atom. The van der Waals surface area contributed by atoms with E-state index in [1.807, 2.05) is 18.2 Å². The summed E-state index contributed by atoms with van der Waals surface area (Å²) in [6, 6.07) is 16.4. The average Bonchev–Trinajstić information content (AvgIpc) is 2.84. The van der Waals surface area contributed by atoms with E-state index in [2.05, 4.69) is 50.8 Å². The molecular weight excluding hydrogens is 404 g/mol. The Labute approximate surface area is 190 Å². The summed E-state index contributed by atoms with van der Waals surface area (Å²) >= 11 is 0. The minimum absolute atomic E-state index is 0.362. The molecule has 4 rings (SSSR count). The number of nitrogens with zero attached hydrogens (tertiary/aromatic N) is 2. The normalized spacial score (nSPS) is 18.6. The summed E-state index contributed by atoms with van der Waals surface area (Å²) in [5.74, 6) is 0.687. The zero-order chi connectivity index (χ0) is 22.2. The lowest BCUT2D eigenvalue weighted by atomic mass is 10.00. The van der Waals surface area contributed by atoms with Crippen molar-refractivity contribution in [2.45, 2.75) is 25.2 Å². The molecule has 0 aromatic heterocycles. The molecule has 0 aliphatic carbocycles. The van der Waals surface area contributed by atoms with E-state index in [9.17, 15) is 9.90 Å². The number of fused-ring (bicyclic) bond motifs is 1. The SMILES string of the molecule is O=CC(CNC[C@@H](O)CN1CCc2ccccc2C1)Oc1cccc(N2CCNCC2)c1. The summed E-state index contributed by atoms with van der Waals surface area (Å²) in [6.45, 7) is 7.09. The maximum absolute atomic E-state index is 11.6. The minimum atomic E-state index is -0.595. The maximum Gasteiger partial charge on any atom is 0.166 e. The van der Waals surface area contributed by atoms with Crippen molar-refractivity contribution < 1.29 is 14.6 Å². The topological polar surface area (TPSA) is 77.1 Å². The molecule has 1 saturated heterocycles. The minimum Gasteiger partial charge on any atom is -0.482 e. The Balaban J connectivity index is 1.20. The second-order valence-corrected chi connectivity index (χ2v) is 8.59. The van der Waals surface area contributed by atoms with Crippen LogP contribution in [0.2, 0.25) is 0 Å². The summed E-state index contributed by atoms with van der Waals surface area (Å²) < 4.78 is 5.90. The summed E-state index contributed by atoms with van der Waals surface area (Å²) in [4.78, 5) is 16.1. The monoisotopic (exact) mass is 438 g/mol. The number of piperazine rings is 1. The molecule has 32 heavy (non-hydrogen) atoms. The summed E-state index contributed by atoms with van der Waals surface area (Å²) in [5, 5.41) is 17.0. The van der Waals surface area contributed by atoms with Crippen molar-refractivity contribution in [2.24, 2.45) is 0 Å². The first-order chi connectivity index (χ1) is 15.7. The van der Waals surface area contributed by atoms with Crippen LogP contribution in [0.4, 0.5) is 5.69 Å². The number of carbonyl (C=O) groups is 1. The molecule has 2 aliphatic heterocycles. The van der Waals surface area contributed by atoms with Crippen molar-refractivity contribution in [3.05, 3.63) is 59.7 Å². The number of hydrogen-bond donors (Lipinski definition) is 3. The fourth-order valence-electron chi connectivity index (χ4n) is 4.43. The van der Waals surface area contributed by atoms with Crippen LogP contribution in [0.5, 0.6) is 5.75 Å². The predicted octanol–water partition coefficient (Wildman–Crippen LogP) is 1.05. The van der Waals surface area contributed by atoms with Crippen LogP contribution in [-0.4, -0.2) is 80.9 Å². The van der Waals surface area contributed by atoms with E-state index in [-0.39, 0.29) is 0 Å². The molecule has 2 aromatic rings. The van der Waals surface area contributed by atoms with Gasteiger partial charge in [0.1, 0.15) is 5.75 Å². The number of aldehydes is 1. The number of β-amino-alcohol motifs (C(OH)–C–C–N with tert-alkyl or cyclic N) is 1. The highest BCUT2D eigenvalue weighted by molar-refractivity contribution is 5.58. The molecule has 1 fully saturated rings. The van der Waals surface area contributed by atoms with E-state index in [1.165, 1.54) is 11.1 Å². The van der Waals surface area contributed by atoms with Gasteiger partial charge in [0, 0.05) is 70.7 Å². The van der Waals surface area contributed by atoms with Crippen molar-refractivity contribution in [1.29, 1.82) is 0 Å². The lowest BCUT2D eigenvalue weighted by molar-refractivity contribution is -0.113. The third-order valence-corrected chi connectivity index (χ3v) is 6.14. The van der Waals surface area contributed by atoms with Gasteiger partial charge in [-0.25, -0.2) is 0 Å². The van der Waals surface area contributed by atoms with Gasteiger partial charge in [-0.15, -0.1) is 0 Å². The summed E-state index contributed by atoms with van der Waals surface area (Å²) in [5.41, 5.74) is 3.86. The molecule has 2 aromatic carbocycles. The highest BCUT2D eigenvalue weighted by Crippen LogP contribution is 2.22. The molecule has 1 unspecified atom stereocenters. The van der Waals surface area contributed by atoms with Crippen molar-refractivity contribution in [3.63, 3.8) is 0 Å². The van der Waals surface area contributed by atoms with Crippen LogP contribution in [-0.2, 0) is 17.8 Å². The number of benzene rings is 2. The predicted molar refractivity (Wildman–Crippen MR) is 126 cm³/mol. The second-order valence-electron chi connectivity index (χ2n) is 8.59. The van der Waals surface area contributed by atoms with Crippen LogP contribution in [0, 0.1) is 0 Å². The van der Waals surface area contributed by atoms with Gasteiger partial charge in [-0.2, -0.15) is 0 Å². The third-order valence-electron chi connectivity index (χ3n) is 6.14. The van der Waals surface area contributed by atoms with Gasteiger partial charge in [0.05, 0.1) is 6.10 Å². The van der Waals surface area contributed by atoms with E-state index in [0.29, 0.717) is 25.4 Å².